The number of hydrogen-bond acceptors (Lipinski definition) is 6. The van der Waals surface area contributed by atoms with Crippen LogP contribution in [0, 0.1) is 6.92 Å². The van der Waals surface area contributed by atoms with Crippen molar-refractivity contribution in [2.24, 2.45) is 7.05 Å². The molecule has 0 aromatic carbocycles. The van der Waals surface area contributed by atoms with E-state index in [1.165, 1.54) is 4.68 Å². The molecule has 0 amide bonds. The van der Waals surface area contributed by atoms with Gasteiger partial charge in [0.15, 0.2) is 5.69 Å². The molecule has 19 heavy (non-hydrogen) atoms. The Morgan fingerprint density at radius 1 is 1.32 bits per heavy atom. The fourth-order valence-corrected chi connectivity index (χ4v) is 1.59. The van der Waals surface area contributed by atoms with Crippen LogP contribution in [-0.2, 0) is 21.3 Å². The van der Waals surface area contributed by atoms with Crippen molar-refractivity contribution in [3.8, 4) is 0 Å². The fourth-order valence-electron chi connectivity index (χ4n) is 1.59. The van der Waals surface area contributed by atoms with Crippen LogP contribution in [0.25, 0.3) is 0 Å². The SMILES string of the molecule is COCCCOCCOC(=O)c1c(N)c(C)nn1C. The number of methoxy groups -OCH3 is 1. The summed E-state index contributed by atoms with van der Waals surface area (Å²) in [6, 6.07) is 0. The summed E-state index contributed by atoms with van der Waals surface area (Å²) in [5.41, 5.74) is 7.01. The van der Waals surface area contributed by atoms with E-state index in [1.807, 2.05) is 0 Å². The number of aryl methyl sites for hydroxylation is 2. The van der Waals surface area contributed by atoms with E-state index in [1.54, 1.807) is 21.1 Å². The van der Waals surface area contributed by atoms with Gasteiger partial charge in [-0.05, 0) is 13.3 Å². The van der Waals surface area contributed by atoms with Gasteiger partial charge in [0.05, 0.1) is 18.0 Å². The molecule has 7 nitrogen and oxygen atoms in total. The summed E-state index contributed by atoms with van der Waals surface area (Å²) in [7, 11) is 3.29. The second kappa shape index (κ2) is 7.75. The van der Waals surface area contributed by atoms with Crippen LogP contribution in [0.4, 0.5) is 5.69 Å². The van der Waals surface area contributed by atoms with Crippen molar-refractivity contribution in [1.29, 1.82) is 0 Å². The van der Waals surface area contributed by atoms with E-state index in [2.05, 4.69) is 5.10 Å². The van der Waals surface area contributed by atoms with Gasteiger partial charge in [-0.15, -0.1) is 0 Å². The lowest BCUT2D eigenvalue weighted by molar-refractivity contribution is 0.0279. The normalized spacial score (nSPS) is 10.7. The Labute approximate surface area is 112 Å². The average molecular weight is 271 g/mol. The first-order chi connectivity index (χ1) is 9.07. The van der Waals surface area contributed by atoms with Gasteiger partial charge in [0.25, 0.3) is 0 Å². The summed E-state index contributed by atoms with van der Waals surface area (Å²) in [5.74, 6) is -0.485. The Balaban J connectivity index is 2.28. The molecule has 7 heteroatoms. The molecule has 0 atom stereocenters. The number of aromatic nitrogens is 2. The molecule has 0 aliphatic rings. The topological polar surface area (TPSA) is 88.6 Å². The summed E-state index contributed by atoms with van der Waals surface area (Å²) < 4.78 is 16.7. The quantitative estimate of drug-likeness (QED) is 0.548. The number of nitrogen functional groups attached to an aromatic ring is 1. The zero-order chi connectivity index (χ0) is 14.3. The van der Waals surface area contributed by atoms with Crippen molar-refractivity contribution in [3.05, 3.63) is 11.4 Å². The number of esters is 1. The Bertz CT molecular complexity index is 417. The molecule has 0 radical (unpaired) electrons. The van der Waals surface area contributed by atoms with Crippen molar-refractivity contribution in [2.75, 3.05) is 39.3 Å². The van der Waals surface area contributed by atoms with Crippen LogP contribution in [0.5, 0.6) is 0 Å². The third-order valence-corrected chi connectivity index (χ3v) is 2.56. The lowest BCUT2D eigenvalue weighted by Gasteiger charge is -2.06. The molecule has 0 unspecified atom stereocenters. The zero-order valence-corrected chi connectivity index (χ0v) is 11.6. The van der Waals surface area contributed by atoms with Crippen LogP contribution in [0.1, 0.15) is 22.6 Å². The van der Waals surface area contributed by atoms with Crippen molar-refractivity contribution in [3.63, 3.8) is 0 Å². The van der Waals surface area contributed by atoms with Crippen LogP contribution in [-0.4, -0.2) is 49.3 Å². The minimum atomic E-state index is -0.485. The Morgan fingerprint density at radius 2 is 2.05 bits per heavy atom. The average Bonchev–Trinajstić information content (AvgIpc) is 2.62. The van der Waals surface area contributed by atoms with Gasteiger partial charge >= 0.3 is 5.97 Å². The van der Waals surface area contributed by atoms with Crippen molar-refractivity contribution in [2.45, 2.75) is 13.3 Å². The van der Waals surface area contributed by atoms with Gasteiger partial charge in [0, 0.05) is 27.4 Å². The highest BCUT2D eigenvalue weighted by atomic mass is 16.6. The van der Waals surface area contributed by atoms with Crippen LogP contribution < -0.4 is 5.73 Å². The van der Waals surface area contributed by atoms with Gasteiger partial charge in [0.2, 0.25) is 0 Å². The van der Waals surface area contributed by atoms with Crippen molar-refractivity contribution >= 4 is 11.7 Å². The number of carbonyl (C=O) groups excluding carboxylic acids is 1. The molecule has 0 fully saturated rings. The number of nitrogens with zero attached hydrogens (tertiary/aromatic N) is 2. The minimum Gasteiger partial charge on any atom is -0.458 e. The van der Waals surface area contributed by atoms with Crippen LogP contribution >= 0.6 is 0 Å². The predicted octanol–water partition coefficient (Wildman–Crippen LogP) is 0.521. The molecule has 0 saturated carbocycles. The molecule has 108 valence electrons. The molecular formula is C12H21N3O4. The van der Waals surface area contributed by atoms with Gasteiger partial charge in [-0.3, -0.25) is 4.68 Å². The Kier molecular flexibility index (Phi) is 6.31. The van der Waals surface area contributed by atoms with Crippen LogP contribution in [0.2, 0.25) is 0 Å². The summed E-state index contributed by atoms with van der Waals surface area (Å²) in [5, 5.41) is 4.06. The van der Waals surface area contributed by atoms with Crippen LogP contribution in [0.3, 0.4) is 0 Å². The molecule has 0 spiro atoms. The molecule has 0 aliphatic carbocycles. The van der Waals surface area contributed by atoms with E-state index < -0.39 is 5.97 Å². The van der Waals surface area contributed by atoms with Gasteiger partial charge in [-0.1, -0.05) is 0 Å². The Hall–Kier alpha value is -1.60. The molecule has 0 bridgehead atoms. The number of anilines is 1. The maximum atomic E-state index is 11.8. The first kappa shape index (κ1) is 15.5. The Morgan fingerprint density at radius 3 is 2.63 bits per heavy atom. The van der Waals surface area contributed by atoms with Gasteiger partial charge in [0.1, 0.15) is 6.61 Å². The van der Waals surface area contributed by atoms with Gasteiger partial charge in [-0.2, -0.15) is 5.10 Å². The summed E-state index contributed by atoms with van der Waals surface area (Å²) in [6.45, 7) is 3.52. The fraction of sp³-hybridized carbons (Fsp3) is 0.667. The molecule has 1 aromatic rings. The molecular weight excluding hydrogens is 250 g/mol. The standard InChI is InChI=1S/C12H21N3O4/c1-9-10(13)11(15(2)14-9)12(16)19-8-7-18-6-4-5-17-3/h4-8,13H2,1-3H3. The molecule has 0 aliphatic heterocycles. The molecule has 0 saturated heterocycles. The van der Waals surface area contributed by atoms with E-state index in [-0.39, 0.29) is 12.3 Å². The molecule has 1 aromatic heterocycles. The molecule has 1 heterocycles. The first-order valence-electron chi connectivity index (χ1n) is 6.10. The maximum Gasteiger partial charge on any atom is 0.358 e. The van der Waals surface area contributed by atoms with E-state index in [0.717, 1.165) is 6.42 Å². The highest BCUT2D eigenvalue weighted by Gasteiger charge is 2.18. The van der Waals surface area contributed by atoms with Crippen molar-refractivity contribution < 1.29 is 19.0 Å². The van der Waals surface area contributed by atoms with E-state index in [9.17, 15) is 4.79 Å². The number of nitrogens with two attached hydrogens (primary N) is 1. The molecule has 2 N–H and O–H groups in total. The minimum absolute atomic E-state index is 0.190. The van der Waals surface area contributed by atoms with E-state index in [0.29, 0.717) is 31.2 Å². The van der Waals surface area contributed by atoms with E-state index in [4.69, 9.17) is 19.9 Å². The highest BCUT2D eigenvalue weighted by molar-refractivity contribution is 5.93. The zero-order valence-electron chi connectivity index (χ0n) is 11.6. The van der Waals surface area contributed by atoms with Crippen LogP contribution in [0.15, 0.2) is 0 Å². The second-order valence-electron chi connectivity index (χ2n) is 4.07. The third-order valence-electron chi connectivity index (χ3n) is 2.56. The predicted molar refractivity (Wildman–Crippen MR) is 70.0 cm³/mol. The summed E-state index contributed by atoms with van der Waals surface area (Å²) in [4.78, 5) is 11.8. The smallest absolute Gasteiger partial charge is 0.358 e. The van der Waals surface area contributed by atoms with Gasteiger partial charge < -0.3 is 19.9 Å². The van der Waals surface area contributed by atoms with E-state index >= 15 is 0 Å². The summed E-state index contributed by atoms with van der Waals surface area (Å²) >= 11 is 0. The first-order valence-corrected chi connectivity index (χ1v) is 6.10. The maximum absolute atomic E-state index is 11.8. The number of rotatable bonds is 8. The number of hydrogen-bond donors (Lipinski definition) is 1. The molecule has 1 rings (SSSR count). The number of carbonyl (C=O) groups is 1. The lowest BCUT2D eigenvalue weighted by atomic mass is 10.3. The largest absolute Gasteiger partial charge is 0.458 e. The lowest BCUT2D eigenvalue weighted by Crippen LogP contribution is -2.16. The number of ether oxygens (including phenoxy) is 3. The van der Waals surface area contributed by atoms with Crippen molar-refractivity contribution in [1.82, 2.24) is 9.78 Å². The van der Waals surface area contributed by atoms with Gasteiger partial charge in [-0.25, -0.2) is 4.79 Å². The third kappa shape index (κ3) is 4.53. The monoisotopic (exact) mass is 271 g/mol. The summed E-state index contributed by atoms with van der Waals surface area (Å²) in [6.07, 6.45) is 0.818. The second-order valence-corrected chi connectivity index (χ2v) is 4.07. The highest BCUT2D eigenvalue weighted by Crippen LogP contribution is 2.15.